The van der Waals surface area contributed by atoms with Crippen LogP contribution in [0.3, 0.4) is 0 Å². The Morgan fingerprint density at radius 1 is 1.00 bits per heavy atom. The van der Waals surface area contributed by atoms with Gasteiger partial charge in [0.2, 0.25) is 11.8 Å². The Kier molecular flexibility index (Phi) is 7.59. The second-order valence-electron chi connectivity index (χ2n) is 10.8. The van der Waals surface area contributed by atoms with Crippen molar-refractivity contribution in [1.29, 1.82) is 5.26 Å². The Morgan fingerprint density at radius 2 is 1.79 bits per heavy atom. The minimum Gasteiger partial charge on any atom is -0.488 e. The van der Waals surface area contributed by atoms with E-state index in [1.807, 2.05) is 30.3 Å². The van der Waals surface area contributed by atoms with Crippen molar-refractivity contribution in [3.8, 4) is 11.8 Å². The maximum Gasteiger partial charge on any atom is 0.255 e. The molecule has 3 amide bonds. The quantitative estimate of drug-likeness (QED) is 0.437. The number of anilines is 1. The minimum atomic E-state index is -0.709. The largest absolute Gasteiger partial charge is 0.488 e. The number of benzene rings is 3. The first kappa shape index (κ1) is 27.4. The van der Waals surface area contributed by atoms with Crippen LogP contribution >= 0.6 is 0 Å². The zero-order valence-corrected chi connectivity index (χ0v) is 23.0. The number of nitrogens with one attached hydrogen (secondary N) is 1. The molecular weight excluding hydrogens is 537 g/mol. The summed E-state index contributed by atoms with van der Waals surface area (Å²) in [6, 6.07) is 19.4. The van der Waals surface area contributed by atoms with Gasteiger partial charge in [0, 0.05) is 61.5 Å². The van der Waals surface area contributed by atoms with Crippen molar-refractivity contribution < 1.29 is 23.5 Å². The zero-order chi connectivity index (χ0) is 29.2. The van der Waals surface area contributed by atoms with Gasteiger partial charge in [-0.25, -0.2) is 4.39 Å². The molecule has 6 rings (SSSR count). The van der Waals surface area contributed by atoms with Gasteiger partial charge in [0.1, 0.15) is 24.2 Å². The van der Waals surface area contributed by atoms with Gasteiger partial charge in [0.05, 0.1) is 18.2 Å². The molecule has 3 aliphatic heterocycles. The maximum absolute atomic E-state index is 15.1. The fourth-order valence-electron chi connectivity index (χ4n) is 5.82. The molecule has 0 unspecified atom stereocenters. The third kappa shape index (κ3) is 5.56. The van der Waals surface area contributed by atoms with Gasteiger partial charge in [-0.15, -0.1) is 0 Å². The van der Waals surface area contributed by atoms with Crippen LogP contribution in [0.5, 0.6) is 5.75 Å². The lowest BCUT2D eigenvalue weighted by atomic mass is 10.0. The number of fused-ring (bicyclic) bond motifs is 1. The number of rotatable bonds is 7. The molecule has 42 heavy (non-hydrogen) atoms. The highest BCUT2D eigenvalue weighted by atomic mass is 19.1. The standard InChI is InChI=1S/C32H30FN5O4/c33-27-16-22(18-36-12-14-37(15-13-36)24-8-5-21(17-34)6-9-24)4-7-23(27)20-42-29-3-1-2-25-26(29)19-38(32(25)41)28-10-11-30(39)35-31(28)40/h1-9,16,28H,10-15,18-20H2,(H,35,39,40)/t28-/m0/s1. The van der Waals surface area contributed by atoms with Gasteiger partial charge in [-0.1, -0.05) is 18.2 Å². The van der Waals surface area contributed by atoms with Gasteiger partial charge in [-0.3, -0.25) is 24.6 Å². The molecule has 3 aromatic carbocycles. The van der Waals surface area contributed by atoms with Crippen LogP contribution in [-0.4, -0.2) is 59.7 Å². The summed E-state index contributed by atoms with van der Waals surface area (Å²) < 4.78 is 21.1. The molecule has 2 saturated heterocycles. The van der Waals surface area contributed by atoms with Crippen molar-refractivity contribution in [2.45, 2.75) is 38.6 Å². The first-order chi connectivity index (χ1) is 20.4. The first-order valence-corrected chi connectivity index (χ1v) is 14.0. The molecular formula is C32H30FN5O4. The molecule has 214 valence electrons. The van der Waals surface area contributed by atoms with E-state index in [2.05, 4.69) is 21.2 Å². The lowest BCUT2D eigenvalue weighted by Gasteiger charge is -2.36. The van der Waals surface area contributed by atoms with E-state index in [1.165, 1.54) is 4.90 Å². The van der Waals surface area contributed by atoms with Crippen LogP contribution < -0.4 is 15.0 Å². The van der Waals surface area contributed by atoms with Gasteiger partial charge in [0.15, 0.2) is 0 Å². The number of carbonyl (C=O) groups excluding carboxylic acids is 3. The van der Waals surface area contributed by atoms with E-state index in [1.54, 1.807) is 30.3 Å². The highest BCUT2D eigenvalue weighted by Gasteiger charge is 2.40. The second-order valence-corrected chi connectivity index (χ2v) is 10.8. The smallest absolute Gasteiger partial charge is 0.255 e. The molecule has 0 saturated carbocycles. The number of nitrogens with zero attached hydrogens (tertiary/aromatic N) is 4. The fraction of sp³-hybridized carbons (Fsp3) is 0.312. The molecule has 10 heteroatoms. The molecule has 3 aliphatic rings. The summed E-state index contributed by atoms with van der Waals surface area (Å²) in [6.07, 6.45) is 0.467. The van der Waals surface area contributed by atoms with Crippen LogP contribution in [0.1, 0.15) is 45.5 Å². The minimum absolute atomic E-state index is 0.00155. The van der Waals surface area contributed by atoms with E-state index >= 15 is 4.39 Å². The Morgan fingerprint density at radius 3 is 2.50 bits per heavy atom. The van der Waals surface area contributed by atoms with Crippen LogP contribution in [0.25, 0.3) is 0 Å². The molecule has 0 aliphatic carbocycles. The number of halogens is 1. The van der Waals surface area contributed by atoms with Gasteiger partial charge in [0.25, 0.3) is 5.91 Å². The summed E-state index contributed by atoms with van der Waals surface area (Å²) in [5.41, 5.74) is 4.15. The summed E-state index contributed by atoms with van der Waals surface area (Å²) in [6.45, 7) is 4.23. The van der Waals surface area contributed by atoms with Crippen molar-refractivity contribution in [1.82, 2.24) is 15.1 Å². The predicted octanol–water partition coefficient (Wildman–Crippen LogP) is 3.36. The molecule has 3 aromatic rings. The van der Waals surface area contributed by atoms with Crippen molar-refractivity contribution >= 4 is 23.4 Å². The topological polar surface area (TPSA) is 106 Å². The van der Waals surface area contributed by atoms with E-state index in [4.69, 9.17) is 10.00 Å². The highest BCUT2D eigenvalue weighted by molar-refractivity contribution is 6.05. The van der Waals surface area contributed by atoms with Gasteiger partial charge in [-0.05, 0) is 54.4 Å². The number of piperidine rings is 1. The number of hydrogen-bond acceptors (Lipinski definition) is 7. The van der Waals surface area contributed by atoms with E-state index in [0.29, 0.717) is 34.5 Å². The molecule has 9 nitrogen and oxygen atoms in total. The van der Waals surface area contributed by atoms with Gasteiger partial charge in [-0.2, -0.15) is 5.26 Å². The number of carbonyl (C=O) groups is 3. The van der Waals surface area contributed by atoms with Gasteiger partial charge < -0.3 is 14.5 Å². The lowest BCUT2D eigenvalue weighted by molar-refractivity contribution is -0.136. The van der Waals surface area contributed by atoms with E-state index in [9.17, 15) is 14.4 Å². The number of amides is 3. The Bertz CT molecular complexity index is 1580. The molecule has 1 N–H and O–H groups in total. The highest BCUT2D eigenvalue weighted by Crippen LogP contribution is 2.34. The van der Waals surface area contributed by atoms with Crippen LogP contribution in [0.2, 0.25) is 0 Å². The molecule has 1 atom stereocenters. The Hall–Kier alpha value is -4.75. The van der Waals surface area contributed by atoms with Crippen molar-refractivity contribution in [3.05, 3.63) is 94.3 Å². The van der Waals surface area contributed by atoms with Crippen LogP contribution in [0.4, 0.5) is 10.1 Å². The molecule has 0 aromatic heterocycles. The summed E-state index contributed by atoms with van der Waals surface area (Å²) in [4.78, 5) is 43.0. The molecule has 3 heterocycles. The summed E-state index contributed by atoms with van der Waals surface area (Å²) >= 11 is 0. The number of hydrogen-bond donors (Lipinski definition) is 1. The molecule has 2 fully saturated rings. The van der Waals surface area contributed by atoms with Crippen LogP contribution in [-0.2, 0) is 29.3 Å². The van der Waals surface area contributed by atoms with Gasteiger partial charge >= 0.3 is 0 Å². The number of nitriles is 1. The summed E-state index contributed by atoms with van der Waals surface area (Å²) in [5, 5.41) is 11.3. The number of ether oxygens (including phenoxy) is 1. The second kappa shape index (κ2) is 11.6. The van der Waals surface area contributed by atoms with Crippen molar-refractivity contribution in [2.24, 2.45) is 0 Å². The lowest BCUT2D eigenvalue weighted by Crippen LogP contribution is -2.52. The van der Waals surface area contributed by atoms with E-state index < -0.39 is 11.9 Å². The SMILES string of the molecule is N#Cc1ccc(N2CCN(Cc3ccc(COc4cccc5c4CN([C@H]4CCC(=O)NC4=O)C5=O)c(F)c3)CC2)cc1. The predicted molar refractivity (Wildman–Crippen MR) is 152 cm³/mol. The third-order valence-electron chi connectivity index (χ3n) is 8.18. The zero-order valence-electron chi connectivity index (χ0n) is 23.0. The average molecular weight is 568 g/mol. The number of imide groups is 1. The normalized spacial score (nSPS) is 19.0. The monoisotopic (exact) mass is 567 g/mol. The maximum atomic E-state index is 15.1. The summed E-state index contributed by atoms with van der Waals surface area (Å²) in [7, 11) is 0. The average Bonchev–Trinajstić information content (AvgIpc) is 3.33. The van der Waals surface area contributed by atoms with Crippen molar-refractivity contribution in [3.63, 3.8) is 0 Å². The van der Waals surface area contributed by atoms with Crippen molar-refractivity contribution in [2.75, 3.05) is 31.1 Å². The Labute approximate surface area is 243 Å². The molecule has 0 bridgehead atoms. The van der Waals surface area contributed by atoms with Crippen LogP contribution in [0, 0.1) is 17.1 Å². The molecule has 0 radical (unpaired) electrons. The van der Waals surface area contributed by atoms with Crippen LogP contribution in [0.15, 0.2) is 60.7 Å². The first-order valence-electron chi connectivity index (χ1n) is 14.0. The Balaban J connectivity index is 1.05. The van der Waals surface area contributed by atoms with E-state index in [-0.39, 0.29) is 43.6 Å². The number of piperazine rings is 1. The summed E-state index contributed by atoms with van der Waals surface area (Å²) in [5.74, 6) is -0.958. The van der Waals surface area contributed by atoms with E-state index in [0.717, 1.165) is 37.4 Å². The fourth-order valence-corrected chi connectivity index (χ4v) is 5.82. The molecule has 0 spiro atoms. The third-order valence-corrected chi connectivity index (χ3v) is 8.18.